The largest absolute Gasteiger partial charge is 0.490 e. The van der Waals surface area contributed by atoms with Crippen LogP contribution < -0.4 is 10.6 Å². The first-order chi connectivity index (χ1) is 19.6. The molecular weight excluding hydrogens is 581 g/mol. The van der Waals surface area contributed by atoms with E-state index < -0.39 is 24.3 Å². The van der Waals surface area contributed by atoms with Gasteiger partial charge in [-0.05, 0) is 55.6 Å². The van der Waals surface area contributed by atoms with Gasteiger partial charge in [-0.1, -0.05) is 12.1 Å². The number of halogens is 7. The molecule has 0 saturated carbocycles. The summed E-state index contributed by atoms with van der Waals surface area (Å²) in [5.41, 5.74) is 8.92. The van der Waals surface area contributed by atoms with Crippen LogP contribution in [0.2, 0.25) is 0 Å². The smallest absolute Gasteiger partial charge is 0.475 e. The Bertz CT molecular complexity index is 1530. The standard InChI is InChI=1S/C21H21FN6.2C2HF3O2/c22-16-11-15-4-5-17(21-26-25-19-3-1-2-8-28(19)21)24-20(15)18(12-16)27-9-6-14(13-23)7-10-27;2*3-2(4,5)1(6)7/h1-5,8,11-12,14H,6-7,9-10,13,23H2;2*(H,6,7). The van der Waals surface area contributed by atoms with Gasteiger partial charge in [0.05, 0.1) is 11.2 Å². The summed E-state index contributed by atoms with van der Waals surface area (Å²) >= 11 is 0. The van der Waals surface area contributed by atoms with Gasteiger partial charge in [-0.15, -0.1) is 10.2 Å². The normalized spacial score (nSPS) is 14.1. The number of piperidine rings is 1. The van der Waals surface area contributed by atoms with Crippen LogP contribution in [0.5, 0.6) is 0 Å². The molecule has 3 aromatic heterocycles. The third-order valence-corrected chi connectivity index (χ3v) is 6.05. The first-order valence-electron chi connectivity index (χ1n) is 12.1. The van der Waals surface area contributed by atoms with E-state index in [-0.39, 0.29) is 5.82 Å². The van der Waals surface area contributed by atoms with Gasteiger partial charge in [0, 0.05) is 24.7 Å². The van der Waals surface area contributed by atoms with E-state index in [1.165, 1.54) is 6.07 Å². The van der Waals surface area contributed by atoms with Crippen LogP contribution in [0.25, 0.3) is 28.1 Å². The molecule has 4 heterocycles. The maximum Gasteiger partial charge on any atom is 0.490 e. The number of alkyl halides is 6. The summed E-state index contributed by atoms with van der Waals surface area (Å²) in [5.74, 6) is -4.54. The molecule has 10 nitrogen and oxygen atoms in total. The summed E-state index contributed by atoms with van der Waals surface area (Å²) in [5, 5.41) is 23.5. The number of nitrogens with zero attached hydrogens (tertiary/aromatic N) is 5. The average Bonchev–Trinajstić information content (AvgIpc) is 3.36. The maximum absolute atomic E-state index is 14.3. The van der Waals surface area contributed by atoms with Crippen LogP contribution in [0.3, 0.4) is 0 Å². The molecule has 42 heavy (non-hydrogen) atoms. The van der Waals surface area contributed by atoms with Gasteiger partial charge in [0.2, 0.25) is 0 Å². The first-order valence-corrected chi connectivity index (χ1v) is 12.1. The number of carbonyl (C=O) groups is 2. The average molecular weight is 604 g/mol. The Kier molecular flexibility index (Phi) is 9.87. The lowest BCUT2D eigenvalue weighted by Crippen LogP contribution is -2.36. The molecular formula is C25H23F7N6O4. The van der Waals surface area contributed by atoms with Gasteiger partial charge in [-0.2, -0.15) is 26.3 Å². The molecule has 0 bridgehead atoms. The number of hydrogen-bond acceptors (Lipinski definition) is 7. The lowest BCUT2D eigenvalue weighted by molar-refractivity contribution is -0.193. The van der Waals surface area contributed by atoms with Crippen molar-refractivity contribution in [2.75, 3.05) is 24.5 Å². The molecule has 0 aliphatic carbocycles. The number of anilines is 1. The summed E-state index contributed by atoms with van der Waals surface area (Å²) in [6.45, 7) is 2.43. The summed E-state index contributed by atoms with van der Waals surface area (Å²) in [6, 6.07) is 12.7. The molecule has 1 fully saturated rings. The third-order valence-electron chi connectivity index (χ3n) is 6.05. The molecule has 4 aromatic rings. The first kappa shape index (κ1) is 32.0. The van der Waals surface area contributed by atoms with Crippen molar-refractivity contribution in [3.63, 3.8) is 0 Å². The molecule has 1 aliphatic heterocycles. The monoisotopic (exact) mass is 604 g/mol. The topological polar surface area (TPSA) is 147 Å². The zero-order valence-corrected chi connectivity index (χ0v) is 21.4. The number of pyridine rings is 2. The molecule has 4 N–H and O–H groups in total. The zero-order chi connectivity index (χ0) is 31.2. The Morgan fingerprint density at radius 1 is 0.929 bits per heavy atom. The Hall–Kier alpha value is -4.54. The van der Waals surface area contributed by atoms with E-state index in [0.717, 1.165) is 53.9 Å². The Balaban J connectivity index is 0.000000289. The van der Waals surface area contributed by atoms with Gasteiger partial charge < -0.3 is 20.8 Å². The van der Waals surface area contributed by atoms with Gasteiger partial charge in [0.25, 0.3) is 0 Å². The van der Waals surface area contributed by atoms with Crippen LogP contribution in [-0.4, -0.2) is 73.7 Å². The van der Waals surface area contributed by atoms with E-state index in [1.807, 2.05) is 40.9 Å². The Morgan fingerprint density at radius 3 is 2.07 bits per heavy atom. The van der Waals surface area contributed by atoms with Crippen LogP contribution in [0.4, 0.5) is 36.4 Å². The van der Waals surface area contributed by atoms with E-state index in [0.29, 0.717) is 18.3 Å². The number of rotatable bonds is 3. The van der Waals surface area contributed by atoms with Crippen molar-refractivity contribution in [2.45, 2.75) is 25.2 Å². The molecule has 17 heteroatoms. The molecule has 1 aromatic carbocycles. The van der Waals surface area contributed by atoms with Crippen LogP contribution in [0.1, 0.15) is 12.8 Å². The minimum absolute atomic E-state index is 0.245. The van der Waals surface area contributed by atoms with E-state index in [9.17, 15) is 30.7 Å². The summed E-state index contributed by atoms with van der Waals surface area (Å²) < 4.78 is 79.7. The molecule has 5 rings (SSSR count). The van der Waals surface area contributed by atoms with Gasteiger partial charge in [0.15, 0.2) is 11.5 Å². The summed E-state index contributed by atoms with van der Waals surface area (Å²) in [6.07, 6.45) is -6.22. The Morgan fingerprint density at radius 2 is 1.52 bits per heavy atom. The molecule has 0 radical (unpaired) electrons. The van der Waals surface area contributed by atoms with Crippen molar-refractivity contribution in [3.05, 3.63) is 54.5 Å². The van der Waals surface area contributed by atoms with Gasteiger partial charge in [-0.3, -0.25) is 4.40 Å². The minimum Gasteiger partial charge on any atom is -0.475 e. The second kappa shape index (κ2) is 13.0. The number of hydrogen-bond donors (Lipinski definition) is 3. The predicted octanol–water partition coefficient (Wildman–Crippen LogP) is 4.53. The summed E-state index contributed by atoms with van der Waals surface area (Å²) in [7, 11) is 0. The zero-order valence-electron chi connectivity index (χ0n) is 21.4. The molecule has 1 aliphatic rings. The molecule has 0 spiro atoms. The second-order valence-electron chi connectivity index (χ2n) is 8.92. The van der Waals surface area contributed by atoms with Gasteiger partial charge >= 0.3 is 24.3 Å². The number of nitrogens with two attached hydrogens (primary N) is 1. The fourth-order valence-electron chi connectivity index (χ4n) is 3.97. The van der Waals surface area contributed by atoms with E-state index in [1.54, 1.807) is 6.07 Å². The number of carboxylic acid groups (broad SMARTS) is 2. The SMILES string of the molecule is NCC1CCN(c2cc(F)cc3ccc(-c4nnc5ccccn45)nc23)CC1.O=C(O)C(F)(F)F.O=C(O)C(F)(F)F. The van der Waals surface area contributed by atoms with Crippen molar-refractivity contribution in [3.8, 4) is 11.5 Å². The van der Waals surface area contributed by atoms with Crippen molar-refractivity contribution in [1.29, 1.82) is 0 Å². The number of benzene rings is 1. The van der Waals surface area contributed by atoms with Crippen LogP contribution in [0.15, 0.2) is 48.7 Å². The van der Waals surface area contributed by atoms with E-state index in [4.69, 9.17) is 30.5 Å². The molecule has 0 unspecified atom stereocenters. The number of carboxylic acids is 2. The fourth-order valence-corrected chi connectivity index (χ4v) is 3.97. The summed E-state index contributed by atoms with van der Waals surface area (Å²) in [4.78, 5) is 24.9. The quantitative estimate of drug-likeness (QED) is 0.287. The molecule has 1 saturated heterocycles. The molecule has 0 amide bonds. The molecule has 226 valence electrons. The highest BCUT2D eigenvalue weighted by molar-refractivity contribution is 5.92. The minimum atomic E-state index is -5.08. The van der Waals surface area contributed by atoms with Crippen LogP contribution >= 0.6 is 0 Å². The van der Waals surface area contributed by atoms with E-state index in [2.05, 4.69) is 15.1 Å². The lowest BCUT2D eigenvalue weighted by atomic mass is 9.96. The maximum atomic E-state index is 14.3. The van der Waals surface area contributed by atoms with Crippen LogP contribution in [-0.2, 0) is 9.59 Å². The van der Waals surface area contributed by atoms with Gasteiger partial charge in [-0.25, -0.2) is 19.0 Å². The van der Waals surface area contributed by atoms with Crippen molar-refractivity contribution in [2.24, 2.45) is 11.7 Å². The Labute approximate surface area is 232 Å². The number of aromatic nitrogens is 4. The highest BCUT2D eigenvalue weighted by Gasteiger charge is 2.38. The number of aliphatic carboxylic acids is 2. The number of fused-ring (bicyclic) bond motifs is 2. The lowest BCUT2D eigenvalue weighted by Gasteiger charge is -2.33. The molecule has 0 atom stereocenters. The third kappa shape index (κ3) is 8.02. The highest BCUT2D eigenvalue weighted by Crippen LogP contribution is 2.32. The fraction of sp³-hybridized carbons (Fsp3) is 0.320. The highest BCUT2D eigenvalue weighted by atomic mass is 19.4. The van der Waals surface area contributed by atoms with Crippen LogP contribution in [0, 0.1) is 11.7 Å². The van der Waals surface area contributed by atoms with Crippen molar-refractivity contribution in [1.82, 2.24) is 19.6 Å². The van der Waals surface area contributed by atoms with Crippen molar-refractivity contribution >= 4 is 34.2 Å². The predicted molar refractivity (Wildman–Crippen MR) is 135 cm³/mol. The van der Waals surface area contributed by atoms with Crippen molar-refractivity contribution < 1.29 is 50.5 Å². The second-order valence-corrected chi connectivity index (χ2v) is 8.92. The van der Waals surface area contributed by atoms with Gasteiger partial charge in [0.1, 0.15) is 11.5 Å². The van der Waals surface area contributed by atoms with E-state index >= 15 is 0 Å².